The molecule has 3 rings (SSSR count). The van der Waals surface area contributed by atoms with Gasteiger partial charge in [-0.2, -0.15) is 0 Å². The number of nitrogens with zero attached hydrogens (tertiary/aromatic N) is 1. The number of hydrogen-bond donors (Lipinski definition) is 1. The lowest BCUT2D eigenvalue weighted by molar-refractivity contribution is -0.139. The van der Waals surface area contributed by atoms with Gasteiger partial charge in [0.25, 0.3) is 0 Å². The van der Waals surface area contributed by atoms with Crippen LogP contribution in [0.4, 0.5) is 0 Å². The van der Waals surface area contributed by atoms with Crippen LogP contribution >= 0.6 is 0 Å². The number of nitrogens with one attached hydrogen (secondary N) is 1. The summed E-state index contributed by atoms with van der Waals surface area (Å²) < 4.78 is 6.20. The second-order valence-electron chi connectivity index (χ2n) is 5.69. The molecule has 2 heterocycles. The van der Waals surface area contributed by atoms with E-state index in [0.29, 0.717) is 6.10 Å². The highest BCUT2D eigenvalue weighted by Crippen LogP contribution is 2.28. The molecule has 0 aliphatic carbocycles. The minimum Gasteiger partial charge on any atom is -0.368 e. The van der Waals surface area contributed by atoms with Crippen LogP contribution < -0.4 is 5.32 Å². The smallest absolute Gasteiger partial charge is 0.0948 e. The molecule has 0 saturated carbocycles. The Labute approximate surface area is 109 Å². The van der Waals surface area contributed by atoms with Crippen molar-refractivity contribution in [1.82, 2.24) is 10.2 Å². The van der Waals surface area contributed by atoms with Crippen molar-refractivity contribution in [3.63, 3.8) is 0 Å². The molecule has 2 atom stereocenters. The quantitative estimate of drug-likeness (QED) is 0.858. The normalized spacial score (nSPS) is 33.1. The summed E-state index contributed by atoms with van der Waals surface area (Å²) in [6.45, 7) is 7.41. The molecule has 2 unspecified atom stereocenters. The van der Waals surface area contributed by atoms with Crippen molar-refractivity contribution in [1.29, 1.82) is 0 Å². The predicted octanol–water partition coefficient (Wildman–Crippen LogP) is 1.64. The summed E-state index contributed by atoms with van der Waals surface area (Å²) >= 11 is 0. The standard InChI is InChI=1S/C15H22N2O/c1-13-9-17(10-14-5-3-2-4-6-14)12-15(18-13)7-8-16-11-15/h2-6,13,16H,7-12H2,1H3. The van der Waals surface area contributed by atoms with Crippen LogP contribution in [-0.2, 0) is 11.3 Å². The molecule has 18 heavy (non-hydrogen) atoms. The molecule has 1 N–H and O–H groups in total. The third kappa shape index (κ3) is 2.58. The number of benzene rings is 1. The molecule has 0 radical (unpaired) electrons. The molecule has 1 aromatic rings. The first-order valence-corrected chi connectivity index (χ1v) is 6.91. The first-order chi connectivity index (χ1) is 8.76. The molecule has 98 valence electrons. The van der Waals surface area contributed by atoms with Crippen LogP contribution in [0.25, 0.3) is 0 Å². The van der Waals surface area contributed by atoms with Gasteiger partial charge in [0.2, 0.25) is 0 Å². The van der Waals surface area contributed by atoms with Gasteiger partial charge in [-0.05, 0) is 25.5 Å². The molecule has 2 fully saturated rings. The average Bonchev–Trinajstić information content (AvgIpc) is 2.77. The van der Waals surface area contributed by atoms with Crippen LogP contribution in [-0.4, -0.2) is 42.8 Å². The molecule has 3 heteroatoms. The van der Waals surface area contributed by atoms with Gasteiger partial charge in [-0.15, -0.1) is 0 Å². The summed E-state index contributed by atoms with van der Waals surface area (Å²) in [5.74, 6) is 0. The maximum absolute atomic E-state index is 6.20. The third-order valence-electron chi connectivity index (χ3n) is 3.93. The first-order valence-electron chi connectivity index (χ1n) is 6.91. The fraction of sp³-hybridized carbons (Fsp3) is 0.600. The Balaban J connectivity index is 1.69. The van der Waals surface area contributed by atoms with Crippen LogP contribution in [0.2, 0.25) is 0 Å². The molecule has 2 aliphatic heterocycles. The van der Waals surface area contributed by atoms with E-state index in [1.54, 1.807) is 0 Å². The summed E-state index contributed by atoms with van der Waals surface area (Å²) in [5.41, 5.74) is 1.46. The van der Waals surface area contributed by atoms with Crippen LogP contribution in [0.15, 0.2) is 30.3 Å². The predicted molar refractivity (Wildman–Crippen MR) is 72.5 cm³/mol. The van der Waals surface area contributed by atoms with E-state index in [4.69, 9.17) is 4.74 Å². The molecule has 0 aromatic heterocycles. The summed E-state index contributed by atoms with van der Waals surface area (Å²) in [6.07, 6.45) is 1.48. The lowest BCUT2D eigenvalue weighted by Gasteiger charge is -2.43. The minimum atomic E-state index is 0.0620. The number of hydrogen-bond acceptors (Lipinski definition) is 3. The zero-order valence-corrected chi connectivity index (χ0v) is 11.1. The summed E-state index contributed by atoms with van der Waals surface area (Å²) in [5, 5.41) is 3.44. The number of rotatable bonds is 2. The largest absolute Gasteiger partial charge is 0.368 e. The van der Waals surface area contributed by atoms with Crippen molar-refractivity contribution in [2.45, 2.75) is 31.6 Å². The Bertz CT molecular complexity index is 387. The highest BCUT2D eigenvalue weighted by Gasteiger charge is 2.41. The summed E-state index contributed by atoms with van der Waals surface area (Å²) in [7, 11) is 0. The van der Waals surface area contributed by atoms with E-state index in [1.165, 1.54) is 5.56 Å². The maximum Gasteiger partial charge on any atom is 0.0948 e. The zero-order valence-electron chi connectivity index (χ0n) is 11.1. The Morgan fingerprint density at radius 2 is 2.22 bits per heavy atom. The van der Waals surface area contributed by atoms with Gasteiger partial charge in [-0.1, -0.05) is 30.3 Å². The van der Waals surface area contributed by atoms with Crippen molar-refractivity contribution in [2.24, 2.45) is 0 Å². The van der Waals surface area contributed by atoms with Gasteiger partial charge in [0.05, 0.1) is 11.7 Å². The number of morpholine rings is 1. The van der Waals surface area contributed by atoms with Gasteiger partial charge < -0.3 is 10.1 Å². The molecule has 1 aromatic carbocycles. The third-order valence-corrected chi connectivity index (χ3v) is 3.93. The van der Waals surface area contributed by atoms with E-state index in [1.807, 2.05) is 0 Å². The van der Waals surface area contributed by atoms with E-state index in [9.17, 15) is 0 Å². The molecule has 1 spiro atoms. The lowest BCUT2D eigenvalue weighted by atomic mass is 9.98. The summed E-state index contributed by atoms with van der Waals surface area (Å²) in [4.78, 5) is 2.54. The number of ether oxygens (including phenoxy) is 1. The van der Waals surface area contributed by atoms with Gasteiger partial charge in [0.1, 0.15) is 0 Å². The second kappa shape index (κ2) is 5.00. The minimum absolute atomic E-state index is 0.0620. The van der Waals surface area contributed by atoms with Gasteiger partial charge in [0.15, 0.2) is 0 Å². The van der Waals surface area contributed by atoms with Crippen molar-refractivity contribution >= 4 is 0 Å². The van der Waals surface area contributed by atoms with Crippen LogP contribution in [0.3, 0.4) is 0 Å². The van der Waals surface area contributed by atoms with Gasteiger partial charge >= 0.3 is 0 Å². The van der Waals surface area contributed by atoms with Crippen molar-refractivity contribution < 1.29 is 4.74 Å². The molecule has 2 saturated heterocycles. The Morgan fingerprint density at radius 3 is 2.94 bits per heavy atom. The Morgan fingerprint density at radius 1 is 1.39 bits per heavy atom. The molecular formula is C15H22N2O. The SMILES string of the molecule is CC1CN(Cc2ccccc2)CC2(CCNC2)O1. The zero-order chi connectivity index (χ0) is 12.4. The van der Waals surface area contributed by atoms with Crippen LogP contribution in [0.1, 0.15) is 18.9 Å². The van der Waals surface area contributed by atoms with Crippen molar-refractivity contribution in [3.05, 3.63) is 35.9 Å². The Hall–Kier alpha value is -0.900. The molecule has 0 bridgehead atoms. The van der Waals surface area contributed by atoms with E-state index in [0.717, 1.165) is 39.1 Å². The van der Waals surface area contributed by atoms with Gasteiger partial charge in [-0.25, -0.2) is 0 Å². The second-order valence-corrected chi connectivity index (χ2v) is 5.69. The Kier molecular flexibility index (Phi) is 3.37. The lowest BCUT2D eigenvalue weighted by Crippen LogP contribution is -2.55. The van der Waals surface area contributed by atoms with Crippen LogP contribution in [0.5, 0.6) is 0 Å². The fourth-order valence-corrected chi connectivity index (χ4v) is 3.26. The highest BCUT2D eigenvalue weighted by atomic mass is 16.5. The highest BCUT2D eigenvalue weighted by molar-refractivity contribution is 5.15. The maximum atomic E-state index is 6.20. The topological polar surface area (TPSA) is 24.5 Å². The van der Waals surface area contributed by atoms with Gasteiger partial charge in [0, 0.05) is 26.2 Å². The van der Waals surface area contributed by atoms with E-state index in [2.05, 4.69) is 47.5 Å². The molecule has 3 nitrogen and oxygen atoms in total. The summed E-state index contributed by atoms with van der Waals surface area (Å²) in [6, 6.07) is 10.7. The van der Waals surface area contributed by atoms with E-state index < -0.39 is 0 Å². The molecular weight excluding hydrogens is 224 g/mol. The molecule has 0 amide bonds. The van der Waals surface area contributed by atoms with Gasteiger partial charge in [-0.3, -0.25) is 4.90 Å². The first kappa shape index (κ1) is 12.2. The fourth-order valence-electron chi connectivity index (χ4n) is 3.26. The molecule has 2 aliphatic rings. The monoisotopic (exact) mass is 246 g/mol. The average molecular weight is 246 g/mol. The van der Waals surface area contributed by atoms with Crippen molar-refractivity contribution in [2.75, 3.05) is 26.2 Å². The van der Waals surface area contributed by atoms with E-state index in [-0.39, 0.29) is 5.60 Å². The van der Waals surface area contributed by atoms with E-state index >= 15 is 0 Å². The van der Waals surface area contributed by atoms with Crippen LogP contribution in [0, 0.1) is 0 Å². The van der Waals surface area contributed by atoms with Crippen molar-refractivity contribution in [3.8, 4) is 0 Å².